The second-order valence-electron chi connectivity index (χ2n) is 14.9. The standard InChI is InChI=1S/C42H85NO4/c1-3-5-7-9-11-13-15-17-18-19-20-21-22-23-25-27-29-31-33-35-37-41(46)42(47)43-39(38-44)40(45)36-34-32-30-28-26-24-16-14-12-10-8-6-4-2/h39-41,44-46H,3-38H2,1-2H3,(H,43,47)/t39-,40+,41+/m0/s1. The lowest BCUT2D eigenvalue weighted by atomic mass is 10.0. The number of carbonyl (C=O) groups is 1. The van der Waals surface area contributed by atoms with E-state index in [0.717, 1.165) is 32.1 Å². The molecular formula is C42H85NO4. The lowest BCUT2D eigenvalue weighted by Gasteiger charge is -2.23. The van der Waals surface area contributed by atoms with Crippen LogP contribution in [0, 0.1) is 0 Å². The highest BCUT2D eigenvalue weighted by Gasteiger charge is 2.23. The average Bonchev–Trinajstić information content (AvgIpc) is 3.07. The van der Waals surface area contributed by atoms with Gasteiger partial charge in [-0.1, -0.05) is 226 Å². The van der Waals surface area contributed by atoms with Gasteiger partial charge in [-0.25, -0.2) is 0 Å². The Balaban J connectivity index is 3.57. The molecule has 0 radical (unpaired) electrons. The summed E-state index contributed by atoms with van der Waals surface area (Å²) in [5.74, 6) is -0.466. The number of unbranched alkanes of at least 4 members (excludes halogenated alkanes) is 31. The van der Waals surface area contributed by atoms with Crippen LogP contribution in [0.3, 0.4) is 0 Å². The first-order chi connectivity index (χ1) is 23.1. The Bertz CT molecular complexity index is 615. The van der Waals surface area contributed by atoms with E-state index in [9.17, 15) is 20.1 Å². The first-order valence-corrected chi connectivity index (χ1v) is 21.3. The number of carbonyl (C=O) groups excluding carboxylic acids is 1. The second-order valence-corrected chi connectivity index (χ2v) is 14.9. The number of amides is 1. The third-order valence-electron chi connectivity index (χ3n) is 10.2. The quantitative estimate of drug-likeness (QED) is 0.0491. The van der Waals surface area contributed by atoms with Crippen LogP contribution >= 0.6 is 0 Å². The molecule has 5 nitrogen and oxygen atoms in total. The van der Waals surface area contributed by atoms with E-state index in [1.54, 1.807) is 0 Å². The fraction of sp³-hybridized carbons (Fsp3) is 0.976. The minimum Gasteiger partial charge on any atom is -0.394 e. The fourth-order valence-corrected chi connectivity index (χ4v) is 6.84. The zero-order chi connectivity index (χ0) is 34.5. The molecule has 0 bridgehead atoms. The predicted molar refractivity (Wildman–Crippen MR) is 204 cm³/mol. The molecule has 282 valence electrons. The number of rotatable bonds is 39. The Hall–Kier alpha value is -0.650. The summed E-state index contributed by atoms with van der Waals surface area (Å²) in [5, 5.41) is 33.2. The van der Waals surface area contributed by atoms with Gasteiger partial charge in [-0.2, -0.15) is 0 Å². The molecule has 0 heterocycles. The molecule has 0 aliphatic heterocycles. The summed E-state index contributed by atoms with van der Waals surface area (Å²) in [6.45, 7) is 4.24. The molecular weight excluding hydrogens is 582 g/mol. The van der Waals surface area contributed by atoms with E-state index in [-0.39, 0.29) is 6.61 Å². The van der Waals surface area contributed by atoms with Crippen LogP contribution in [0.2, 0.25) is 0 Å². The SMILES string of the molecule is CCCCCCCCCCCCCCCCCCCCCC[C@@H](O)C(=O)N[C@@H](CO)[C@H](O)CCCCCCCCCCCCCCC. The maximum atomic E-state index is 12.5. The molecule has 0 rings (SSSR count). The van der Waals surface area contributed by atoms with Crippen molar-refractivity contribution in [2.75, 3.05) is 6.61 Å². The van der Waals surface area contributed by atoms with Gasteiger partial charge in [-0.05, 0) is 12.8 Å². The first-order valence-electron chi connectivity index (χ1n) is 21.3. The van der Waals surface area contributed by atoms with Crippen LogP contribution in [0.4, 0.5) is 0 Å². The summed E-state index contributed by atoms with van der Waals surface area (Å²) in [5.41, 5.74) is 0. The van der Waals surface area contributed by atoms with Crippen molar-refractivity contribution in [2.24, 2.45) is 0 Å². The van der Waals surface area contributed by atoms with Gasteiger partial charge >= 0.3 is 0 Å². The number of aliphatic hydroxyl groups is 3. The smallest absolute Gasteiger partial charge is 0.249 e. The molecule has 4 N–H and O–H groups in total. The highest BCUT2D eigenvalue weighted by atomic mass is 16.3. The van der Waals surface area contributed by atoms with Gasteiger partial charge in [0, 0.05) is 0 Å². The molecule has 0 saturated heterocycles. The summed E-state index contributed by atoms with van der Waals surface area (Å²) in [7, 11) is 0. The molecule has 47 heavy (non-hydrogen) atoms. The van der Waals surface area contributed by atoms with Gasteiger partial charge in [0.2, 0.25) is 5.91 Å². The maximum absolute atomic E-state index is 12.5. The molecule has 0 fully saturated rings. The van der Waals surface area contributed by atoms with Crippen LogP contribution in [0.15, 0.2) is 0 Å². The highest BCUT2D eigenvalue weighted by Crippen LogP contribution is 2.17. The Morgan fingerprint density at radius 2 is 0.681 bits per heavy atom. The van der Waals surface area contributed by atoms with Crippen molar-refractivity contribution in [1.82, 2.24) is 5.32 Å². The number of hydrogen-bond acceptors (Lipinski definition) is 4. The summed E-state index contributed by atoms with van der Waals surface area (Å²) in [6, 6.07) is -0.704. The minimum atomic E-state index is -1.07. The Labute approximate surface area is 294 Å². The molecule has 0 aromatic carbocycles. The van der Waals surface area contributed by atoms with Gasteiger partial charge in [0.25, 0.3) is 0 Å². The van der Waals surface area contributed by atoms with Crippen LogP contribution in [0.25, 0.3) is 0 Å². The summed E-state index contributed by atoms with van der Waals surface area (Å²) in [4.78, 5) is 12.5. The highest BCUT2D eigenvalue weighted by molar-refractivity contribution is 5.80. The first kappa shape index (κ1) is 46.4. The minimum absolute atomic E-state index is 0.308. The fourth-order valence-electron chi connectivity index (χ4n) is 6.84. The van der Waals surface area contributed by atoms with Crippen LogP contribution < -0.4 is 5.32 Å². The molecule has 0 unspecified atom stereocenters. The number of nitrogens with one attached hydrogen (secondary N) is 1. The van der Waals surface area contributed by atoms with Gasteiger partial charge < -0.3 is 20.6 Å². The summed E-state index contributed by atoms with van der Waals surface area (Å²) >= 11 is 0. The molecule has 0 aliphatic rings. The topological polar surface area (TPSA) is 89.8 Å². The largest absolute Gasteiger partial charge is 0.394 e. The Kier molecular flexibility index (Phi) is 37.6. The Morgan fingerprint density at radius 1 is 0.426 bits per heavy atom. The van der Waals surface area contributed by atoms with E-state index >= 15 is 0 Å². The second kappa shape index (κ2) is 38.2. The van der Waals surface area contributed by atoms with Crippen molar-refractivity contribution < 1.29 is 20.1 Å². The van der Waals surface area contributed by atoms with Crippen molar-refractivity contribution >= 4 is 5.91 Å². The molecule has 0 aromatic rings. The normalized spacial score (nSPS) is 13.6. The third-order valence-corrected chi connectivity index (χ3v) is 10.2. The van der Waals surface area contributed by atoms with Crippen molar-refractivity contribution in [3.05, 3.63) is 0 Å². The van der Waals surface area contributed by atoms with E-state index in [1.165, 1.54) is 180 Å². The van der Waals surface area contributed by atoms with Crippen molar-refractivity contribution in [2.45, 2.75) is 257 Å². The van der Waals surface area contributed by atoms with Gasteiger partial charge in [0.15, 0.2) is 0 Å². The average molecular weight is 668 g/mol. The van der Waals surface area contributed by atoms with Crippen LogP contribution in [-0.2, 0) is 4.79 Å². The molecule has 0 aliphatic carbocycles. The molecule has 0 saturated carbocycles. The van der Waals surface area contributed by atoms with Crippen LogP contribution in [0.1, 0.15) is 239 Å². The number of hydrogen-bond donors (Lipinski definition) is 4. The summed E-state index contributed by atoms with van der Waals surface area (Å²) < 4.78 is 0. The van der Waals surface area contributed by atoms with Crippen molar-refractivity contribution in [3.8, 4) is 0 Å². The Morgan fingerprint density at radius 3 is 0.957 bits per heavy atom. The molecule has 0 spiro atoms. The van der Waals surface area contributed by atoms with Crippen molar-refractivity contribution in [3.63, 3.8) is 0 Å². The summed E-state index contributed by atoms with van der Waals surface area (Å²) in [6.07, 6.45) is 42.4. The number of aliphatic hydroxyl groups excluding tert-OH is 3. The van der Waals surface area contributed by atoms with E-state index in [1.807, 2.05) is 0 Å². The van der Waals surface area contributed by atoms with Gasteiger partial charge in [0.05, 0.1) is 18.8 Å². The van der Waals surface area contributed by atoms with E-state index in [2.05, 4.69) is 19.2 Å². The van der Waals surface area contributed by atoms with Crippen LogP contribution in [-0.4, -0.2) is 46.1 Å². The van der Waals surface area contributed by atoms with Gasteiger partial charge in [-0.3, -0.25) is 4.79 Å². The predicted octanol–water partition coefficient (Wildman–Crippen LogP) is 11.9. The molecule has 5 heteroatoms. The lowest BCUT2D eigenvalue weighted by Crippen LogP contribution is -2.49. The molecule has 0 aromatic heterocycles. The van der Waals surface area contributed by atoms with E-state index < -0.39 is 24.2 Å². The maximum Gasteiger partial charge on any atom is 0.249 e. The zero-order valence-electron chi connectivity index (χ0n) is 31.9. The molecule has 3 atom stereocenters. The van der Waals surface area contributed by atoms with Crippen LogP contribution in [0.5, 0.6) is 0 Å². The van der Waals surface area contributed by atoms with E-state index in [0.29, 0.717) is 12.8 Å². The molecule has 1 amide bonds. The van der Waals surface area contributed by atoms with Crippen molar-refractivity contribution in [1.29, 1.82) is 0 Å². The van der Waals surface area contributed by atoms with Gasteiger partial charge in [-0.15, -0.1) is 0 Å². The third kappa shape index (κ3) is 33.6. The van der Waals surface area contributed by atoms with Gasteiger partial charge in [0.1, 0.15) is 6.10 Å². The monoisotopic (exact) mass is 668 g/mol. The lowest BCUT2D eigenvalue weighted by molar-refractivity contribution is -0.131. The van der Waals surface area contributed by atoms with E-state index in [4.69, 9.17) is 0 Å². The zero-order valence-corrected chi connectivity index (χ0v) is 31.9.